The van der Waals surface area contributed by atoms with E-state index in [1.165, 1.54) is 35.9 Å². The lowest BCUT2D eigenvalue weighted by molar-refractivity contribution is 0.0859. The van der Waals surface area contributed by atoms with E-state index in [-0.39, 0.29) is 31.1 Å². The average Bonchev–Trinajstić information content (AvgIpc) is 3.15. The highest BCUT2D eigenvalue weighted by Crippen LogP contribution is 2.48. The number of thiazole rings is 1. The SMILES string of the molecule is CN(c1ncc(-c2ncc(CO)s2)nn1)[C@]1(c2ncccc2F)C[C@@H](F)C1. The number of aliphatic hydroxyl groups is 1. The number of aromatic nitrogens is 5. The fraction of sp³-hybridized carbons (Fsp3) is 0.353. The highest BCUT2D eigenvalue weighted by molar-refractivity contribution is 7.14. The predicted molar refractivity (Wildman–Crippen MR) is 95.3 cm³/mol. The Kier molecular flexibility index (Phi) is 4.52. The molecule has 0 aliphatic heterocycles. The summed E-state index contributed by atoms with van der Waals surface area (Å²) in [4.78, 5) is 15.0. The molecule has 27 heavy (non-hydrogen) atoms. The number of hydrogen-bond acceptors (Lipinski definition) is 8. The largest absolute Gasteiger partial charge is 0.391 e. The third-order valence-corrected chi connectivity index (χ3v) is 5.74. The number of rotatable bonds is 5. The fourth-order valence-corrected chi connectivity index (χ4v) is 3.96. The molecule has 0 unspecified atom stereocenters. The van der Waals surface area contributed by atoms with Gasteiger partial charge in [-0.25, -0.2) is 18.7 Å². The van der Waals surface area contributed by atoms with Crippen LogP contribution in [0.15, 0.2) is 30.7 Å². The Bertz CT molecular complexity index is 945. The van der Waals surface area contributed by atoms with Gasteiger partial charge in [0, 0.05) is 32.3 Å². The number of anilines is 1. The summed E-state index contributed by atoms with van der Waals surface area (Å²) in [6.45, 7) is -0.0953. The molecule has 1 N–H and O–H groups in total. The van der Waals surface area contributed by atoms with E-state index < -0.39 is 17.5 Å². The fourth-order valence-electron chi connectivity index (χ4n) is 3.24. The molecule has 1 aliphatic rings. The van der Waals surface area contributed by atoms with Crippen LogP contribution in [-0.4, -0.2) is 43.5 Å². The van der Waals surface area contributed by atoms with E-state index in [1.54, 1.807) is 18.1 Å². The molecule has 3 heterocycles. The Morgan fingerprint density at radius 1 is 1.26 bits per heavy atom. The number of aliphatic hydroxyl groups excluding tert-OH is 1. The smallest absolute Gasteiger partial charge is 0.245 e. The molecule has 1 aliphatic carbocycles. The Balaban J connectivity index is 1.64. The van der Waals surface area contributed by atoms with Crippen LogP contribution in [0.4, 0.5) is 14.7 Å². The molecule has 0 spiro atoms. The topological polar surface area (TPSA) is 87.9 Å². The van der Waals surface area contributed by atoms with Gasteiger partial charge >= 0.3 is 0 Å². The van der Waals surface area contributed by atoms with Crippen molar-refractivity contribution in [2.75, 3.05) is 11.9 Å². The molecule has 0 aromatic carbocycles. The molecule has 0 bridgehead atoms. The molecular weight excluding hydrogens is 374 g/mol. The van der Waals surface area contributed by atoms with Crippen molar-refractivity contribution in [2.24, 2.45) is 0 Å². The van der Waals surface area contributed by atoms with Crippen molar-refractivity contribution in [2.45, 2.75) is 31.2 Å². The summed E-state index contributed by atoms with van der Waals surface area (Å²) in [6.07, 6.45) is 3.74. The summed E-state index contributed by atoms with van der Waals surface area (Å²) < 4.78 is 28.1. The zero-order valence-corrected chi connectivity index (χ0v) is 15.2. The Morgan fingerprint density at radius 3 is 2.67 bits per heavy atom. The first-order valence-electron chi connectivity index (χ1n) is 8.28. The van der Waals surface area contributed by atoms with Crippen molar-refractivity contribution in [3.63, 3.8) is 0 Å². The average molecular weight is 390 g/mol. The van der Waals surface area contributed by atoms with Crippen LogP contribution in [0.25, 0.3) is 10.7 Å². The Labute approximate surface area is 157 Å². The summed E-state index contributed by atoms with van der Waals surface area (Å²) in [6, 6.07) is 2.81. The van der Waals surface area contributed by atoms with Crippen LogP contribution < -0.4 is 4.90 Å². The zero-order valence-electron chi connectivity index (χ0n) is 14.4. The maximum Gasteiger partial charge on any atom is 0.245 e. The van der Waals surface area contributed by atoms with Gasteiger partial charge in [0.2, 0.25) is 5.95 Å². The molecule has 140 valence electrons. The van der Waals surface area contributed by atoms with Crippen molar-refractivity contribution < 1.29 is 13.9 Å². The molecule has 1 fully saturated rings. The molecule has 0 saturated heterocycles. The second-order valence-corrected chi connectivity index (χ2v) is 7.48. The van der Waals surface area contributed by atoms with Gasteiger partial charge in [0.1, 0.15) is 28.4 Å². The zero-order chi connectivity index (χ0) is 19.0. The van der Waals surface area contributed by atoms with Gasteiger partial charge in [-0.05, 0) is 12.1 Å². The first-order valence-corrected chi connectivity index (χ1v) is 9.10. The highest BCUT2D eigenvalue weighted by Gasteiger charge is 2.52. The summed E-state index contributed by atoms with van der Waals surface area (Å²) in [5.74, 6) is -0.241. The van der Waals surface area contributed by atoms with Crippen molar-refractivity contribution in [3.8, 4) is 10.7 Å². The normalized spacial score (nSPS) is 21.7. The third kappa shape index (κ3) is 3.04. The van der Waals surface area contributed by atoms with E-state index >= 15 is 0 Å². The first kappa shape index (κ1) is 17.8. The van der Waals surface area contributed by atoms with E-state index in [9.17, 15) is 8.78 Å². The van der Waals surface area contributed by atoms with E-state index in [0.29, 0.717) is 15.6 Å². The molecular formula is C17H16F2N6OS. The van der Waals surface area contributed by atoms with Crippen LogP contribution in [0.2, 0.25) is 0 Å². The first-order chi connectivity index (χ1) is 13.0. The molecule has 0 atom stereocenters. The number of pyridine rings is 1. The molecule has 3 aromatic rings. The van der Waals surface area contributed by atoms with Gasteiger partial charge < -0.3 is 10.0 Å². The van der Waals surface area contributed by atoms with Gasteiger partial charge in [-0.2, -0.15) is 0 Å². The van der Waals surface area contributed by atoms with Crippen molar-refractivity contribution in [3.05, 3.63) is 47.1 Å². The second-order valence-electron chi connectivity index (χ2n) is 6.36. The van der Waals surface area contributed by atoms with Gasteiger partial charge in [-0.1, -0.05) is 0 Å². The second kappa shape index (κ2) is 6.86. The standard InChI is InChI=1S/C17H16F2N6OS/c1-25(17(5-10(18)6-17)14-12(19)3-2-4-20-14)16-22-8-13(23-24-16)15-21-7-11(9-26)27-15/h2-4,7-8,10,26H,5-6,9H2,1H3/t10-,17-. The maximum absolute atomic E-state index is 14.3. The van der Waals surface area contributed by atoms with E-state index in [1.807, 2.05) is 0 Å². The summed E-state index contributed by atoms with van der Waals surface area (Å²) in [5.41, 5.74) is -0.298. The van der Waals surface area contributed by atoms with Crippen molar-refractivity contribution in [1.82, 2.24) is 25.1 Å². The monoisotopic (exact) mass is 390 g/mol. The molecule has 4 rings (SSSR count). The number of nitrogens with zero attached hydrogens (tertiary/aromatic N) is 6. The van der Waals surface area contributed by atoms with Crippen LogP contribution >= 0.6 is 11.3 Å². The minimum atomic E-state index is -1.03. The van der Waals surface area contributed by atoms with Crippen LogP contribution in [-0.2, 0) is 12.1 Å². The van der Waals surface area contributed by atoms with Crippen LogP contribution in [0.1, 0.15) is 23.4 Å². The molecule has 1 saturated carbocycles. The van der Waals surface area contributed by atoms with Crippen LogP contribution in [0.3, 0.4) is 0 Å². The van der Waals surface area contributed by atoms with Gasteiger partial charge in [0.05, 0.1) is 23.2 Å². The molecule has 0 radical (unpaired) electrons. The van der Waals surface area contributed by atoms with Crippen LogP contribution in [0.5, 0.6) is 0 Å². The lowest BCUT2D eigenvalue weighted by Gasteiger charge is -2.49. The summed E-state index contributed by atoms with van der Waals surface area (Å²) in [7, 11) is 1.68. The minimum Gasteiger partial charge on any atom is -0.391 e. The number of hydrogen-bond donors (Lipinski definition) is 1. The van der Waals surface area contributed by atoms with Crippen molar-refractivity contribution >= 4 is 17.3 Å². The molecule has 7 nitrogen and oxygen atoms in total. The molecule has 0 amide bonds. The Hall–Kier alpha value is -2.59. The van der Waals surface area contributed by atoms with E-state index in [2.05, 4.69) is 25.1 Å². The lowest BCUT2D eigenvalue weighted by Crippen LogP contribution is -2.56. The Morgan fingerprint density at radius 2 is 2.07 bits per heavy atom. The van der Waals surface area contributed by atoms with Crippen molar-refractivity contribution in [1.29, 1.82) is 0 Å². The molecule has 3 aromatic heterocycles. The van der Waals surface area contributed by atoms with Gasteiger partial charge in [-0.3, -0.25) is 4.98 Å². The van der Waals surface area contributed by atoms with Gasteiger partial charge in [-0.15, -0.1) is 21.5 Å². The van der Waals surface area contributed by atoms with E-state index in [4.69, 9.17) is 5.11 Å². The summed E-state index contributed by atoms with van der Waals surface area (Å²) in [5, 5.41) is 18.0. The number of halogens is 2. The highest BCUT2D eigenvalue weighted by atomic mass is 32.1. The quantitative estimate of drug-likeness (QED) is 0.716. The van der Waals surface area contributed by atoms with E-state index in [0.717, 1.165) is 0 Å². The predicted octanol–water partition coefficient (Wildman–Crippen LogP) is 2.49. The van der Waals surface area contributed by atoms with Gasteiger partial charge in [0.25, 0.3) is 0 Å². The lowest BCUT2D eigenvalue weighted by atomic mass is 9.71. The third-order valence-electron chi connectivity index (χ3n) is 4.74. The minimum absolute atomic E-state index is 0.0953. The maximum atomic E-state index is 14.3. The number of alkyl halides is 1. The summed E-state index contributed by atoms with van der Waals surface area (Å²) >= 11 is 1.29. The van der Waals surface area contributed by atoms with Crippen LogP contribution in [0, 0.1) is 5.82 Å². The van der Waals surface area contributed by atoms with Gasteiger partial charge in [0.15, 0.2) is 0 Å². The molecule has 10 heteroatoms.